The number of amides is 2. The second-order valence-electron chi connectivity index (χ2n) is 4.49. The molecule has 0 aliphatic heterocycles. The first-order chi connectivity index (χ1) is 10.3. The van der Waals surface area contributed by atoms with Crippen LogP contribution in [0.3, 0.4) is 0 Å². The van der Waals surface area contributed by atoms with E-state index in [2.05, 4.69) is 22.5 Å². The summed E-state index contributed by atoms with van der Waals surface area (Å²) in [7, 11) is 0. The van der Waals surface area contributed by atoms with Crippen molar-refractivity contribution in [2.24, 2.45) is 0 Å². The van der Waals surface area contributed by atoms with E-state index in [0.717, 1.165) is 12.8 Å². The van der Waals surface area contributed by atoms with Crippen molar-refractivity contribution < 1.29 is 9.53 Å². The maximum absolute atomic E-state index is 11.9. The molecule has 21 heavy (non-hydrogen) atoms. The van der Waals surface area contributed by atoms with E-state index in [-0.39, 0.29) is 6.03 Å². The molecule has 0 radical (unpaired) electrons. The third kappa shape index (κ3) is 4.80. The number of urea groups is 1. The molecule has 0 fully saturated rings. The smallest absolute Gasteiger partial charge is 0.324 e. The third-order valence-corrected chi connectivity index (χ3v) is 2.80. The number of carbonyl (C=O) groups is 1. The number of carbonyl (C=O) groups excluding carboxylic acids is 1. The van der Waals surface area contributed by atoms with Crippen molar-refractivity contribution in [1.29, 1.82) is 0 Å². The van der Waals surface area contributed by atoms with Gasteiger partial charge < -0.3 is 10.1 Å². The van der Waals surface area contributed by atoms with Crippen LogP contribution in [0.5, 0.6) is 5.75 Å². The van der Waals surface area contributed by atoms with Gasteiger partial charge in [0, 0.05) is 6.20 Å². The fourth-order valence-electron chi connectivity index (χ4n) is 1.73. The lowest BCUT2D eigenvalue weighted by Gasteiger charge is -2.12. The number of pyridine rings is 1. The average molecular weight is 285 g/mol. The van der Waals surface area contributed by atoms with Crippen LogP contribution in [0, 0.1) is 0 Å². The number of hydrogen-bond acceptors (Lipinski definition) is 3. The number of nitrogens with one attached hydrogen (secondary N) is 2. The molecule has 1 aromatic heterocycles. The Morgan fingerprint density at radius 3 is 2.71 bits per heavy atom. The second kappa shape index (κ2) is 7.89. The van der Waals surface area contributed by atoms with Crippen molar-refractivity contribution in [2.75, 3.05) is 17.2 Å². The van der Waals surface area contributed by atoms with Gasteiger partial charge in [0.05, 0.1) is 12.3 Å². The van der Waals surface area contributed by atoms with E-state index >= 15 is 0 Å². The van der Waals surface area contributed by atoms with E-state index < -0.39 is 0 Å². The lowest BCUT2D eigenvalue weighted by molar-refractivity contribution is 0.261. The van der Waals surface area contributed by atoms with E-state index in [0.29, 0.717) is 23.9 Å². The molecule has 2 N–H and O–H groups in total. The second-order valence-corrected chi connectivity index (χ2v) is 4.49. The Hall–Kier alpha value is -2.56. The number of rotatable bonds is 6. The monoisotopic (exact) mass is 285 g/mol. The fourth-order valence-corrected chi connectivity index (χ4v) is 1.73. The molecular formula is C16H19N3O2. The minimum absolute atomic E-state index is 0.347. The Balaban J connectivity index is 1.97. The Morgan fingerprint density at radius 1 is 1.14 bits per heavy atom. The van der Waals surface area contributed by atoms with Crippen molar-refractivity contribution in [2.45, 2.75) is 19.8 Å². The van der Waals surface area contributed by atoms with Gasteiger partial charge in [-0.25, -0.2) is 9.78 Å². The van der Waals surface area contributed by atoms with Gasteiger partial charge in [0.2, 0.25) is 0 Å². The van der Waals surface area contributed by atoms with Crippen molar-refractivity contribution in [3.05, 3.63) is 48.7 Å². The predicted octanol–water partition coefficient (Wildman–Crippen LogP) is 3.90. The Kier molecular flexibility index (Phi) is 5.58. The number of nitrogens with zero attached hydrogens (tertiary/aromatic N) is 1. The summed E-state index contributed by atoms with van der Waals surface area (Å²) < 4.78 is 5.67. The van der Waals surface area contributed by atoms with Crippen LogP contribution in [-0.4, -0.2) is 17.6 Å². The molecule has 2 aromatic rings. The molecule has 0 bridgehead atoms. The van der Waals surface area contributed by atoms with E-state index in [1.807, 2.05) is 24.3 Å². The number of hydrogen-bond donors (Lipinski definition) is 2. The van der Waals surface area contributed by atoms with E-state index in [1.54, 1.807) is 24.4 Å². The van der Waals surface area contributed by atoms with Crippen molar-refractivity contribution >= 4 is 17.5 Å². The molecule has 2 rings (SSSR count). The van der Waals surface area contributed by atoms with Crippen LogP contribution in [0.4, 0.5) is 16.3 Å². The largest absolute Gasteiger partial charge is 0.491 e. The van der Waals surface area contributed by atoms with Crippen molar-refractivity contribution in [1.82, 2.24) is 4.98 Å². The minimum Gasteiger partial charge on any atom is -0.491 e. The van der Waals surface area contributed by atoms with Gasteiger partial charge in [-0.3, -0.25) is 5.32 Å². The van der Waals surface area contributed by atoms with Crippen LogP contribution in [0.2, 0.25) is 0 Å². The summed E-state index contributed by atoms with van der Waals surface area (Å²) in [5.74, 6) is 1.17. The zero-order chi connectivity index (χ0) is 14.9. The topological polar surface area (TPSA) is 63.2 Å². The van der Waals surface area contributed by atoms with E-state index in [9.17, 15) is 4.79 Å². The molecule has 2 amide bonds. The first kappa shape index (κ1) is 14.8. The average Bonchev–Trinajstić information content (AvgIpc) is 2.50. The summed E-state index contributed by atoms with van der Waals surface area (Å²) in [4.78, 5) is 16.0. The van der Waals surface area contributed by atoms with Gasteiger partial charge in [0.1, 0.15) is 11.6 Å². The maximum atomic E-state index is 11.9. The standard InChI is InChI=1S/C16H19N3O2/c1-2-3-12-21-14-9-5-4-8-13(14)18-16(20)19-15-10-6-7-11-17-15/h4-11H,2-3,12H2,1H3,(H2,17,18,19,20). The molecule has 0 aliphatic rings. The molecule has 0 unspecified atom stereocenters. The summed E-state index contributed by atoms with van der Waals surface area (Å²) >= 11 is 0. The van der Waals surface area contributed by atoms with Crippen LogP contribution in [0.15, 0.2) is 48.7 Å². The maximum Gasteiger partial charge on any atom is 0.324 e. The van der Waals surface area contributed by atoms with E-state index in [1.165, 1.54) is 0 Å². The van der Waals surface area contributed by atoms with Gasteiger partial charge in [-0.05, 0) is 30.7 Å². The lowest BCUT2D eigenvalue weighted by atomic mass is 10.3. The van der Waals surface area contributed by atoms with Gasteiger partial charge in [0.25, 0.3) is 0 Å². The summed E-state index contributed by atoms with van der Waals surface area (Å²) in [6, 6.07) is 12.4. The molecule has 0 aliphatic carbocycles. The molecule has 0 saturated heterocycles. The zero-order valence-electron chi connectivity index (χ0n) is 12.0. The molecule has 5 nitrogen and oxygen atoms in total. The molecule has 0 spiro atoms. The molecule has 0 atom stereocenters. The fraction of sp³-hybridized carbons (Fsp3) is 0.250. The molecule has 5 heteroatoms. The Bertz CT molecular complexity index is 573. The predicted molar refractivity (Wildman–Crippen MR) is 83.7 cm³/mol. The highest BCUT2D eigenvalue weighted by Gasteiger charge is 2.07. The summed E-state index contributed by atoms with van der Waals surface area (Å²) in [6.45, 7) is 2.74. The number of para-hydroxylation sites is 2. The van der Waals surface area contributed by atoms with Gasteiger partial charge in [-0.1, -0.05) is 31.5 Å². The normalized spacial score (nSPS) is 9.95. The highest BCUT2D eigenvalue weighted by Crippen LogP contribution is 2.24. The number of anilines is 2. The highest BCUT2D eigenvalue weighted by molar-refractivity contribution is 6.00. The number of unbranched alkanes of at least 4 members (excludes halogenated alkanes) is 1. The third-order valence-electron chi connectivity index (χ3n) is 2.80. The SMILES string of the molecule is CCCCOc1ccccc1NC(=O)Nc1ccccn1. The highest BCUT2D eigenvalue weighted by atomic mass is 16.5. The minimum atomic E-state index is -0.347. The van der Waals surface area contributed by atoms with E-state index in [4.69, 9.17) is 4.74 Å². The summed E-state index contributed by atoms with van der Waals surface area (Å²) in [5.41, 5.74) is 0.641. The van der Waals surface area contributed by atoms with Crippen LogP contribution in [0.1, 0.15) is 19.8 Å². The number of aromatic nitrogens is 1. The van der Waals surface area contributed by atoms with Crippen LogP contribution in [-0.2, 0) is 0 Å². The first-order valence-corrected chi connectivity index (χ1v) is 7.00. The summed E-state index contributed by atoms with van der Waals surface area (Å²) in [5, 5.41) is 5.44. The van der Waals surface area contributed by atoms with Gasteiger partial charge in [-0.2, -0.15) is 0 Å². The van der Waals surface area contributed by atoms with Gasteiger partial charge >= 0.3 is 6.03 Å². The number of benzene rings is 1. The number of ether oxygens (including phenoxy) is 1. The van der Waals surface area contributed by atoms with Crippen molar-refractivity contribution in [3.63, 3.8) is 0 Å². The van der Waals surface area contributed by atoms with Crippen LogP contribution < -0.4 is 15.4 Å². The quantitative estimate of drug-likeness (QED) is 0.791. The molecule has 1 heterocycles. The van der Waals surface area contributed by atoms with Gasteiger partial charge in [0.15, 0.2) is 0 Å². The Labute approximate surface area is 124 Å². The molecule has 1 aromatic carbocycles. The molecule has 110 valence electrons. The summed E-state index contributed by atoms with van der Waals surface area (Å²) in [6.07, 6.45) is 3.67. The molecule has 0 saturated carbocycles. The zero-order valence-corrected chi connectivity index (χ0v) is 12.0. The lowest BCUT2D eigenvalue weighted by Crippen LogP contribution is -2.20. The van der Waals surface area contributed by atoms with Crippen LogP contribution >= 0.6 is 0 Å². The van der Waals surface area contributed by atoms with Gasteiger partial charge in [-0.15, -0.1) is 0 Å². The Morgan fingerprint density at radius 2 is 1.95 bits per heavy atom. The first-order valence-electron chi connectivity index (χ1n) is 7.00. The van der Waals surface area contributed by atoms with Crippen LogP contribution in [0.25, 0.3) is 0 Å². The van der Waals surface area contributed by atoms with Crippen molar-refractivity contribution in [3.8, 4) is 5.75 Å². The molecular weight excluding hydrogens is 266 g/mol.